The molecule has 9 N–H and O–H groups in total. The summed E-state index contributed by atoms with van der Waals surface area (Å²) in [5.41, 5.74) is 24.5. The average Bonchev–Trinajstić information content (AvgIpc) is 1.66. The number of rotatable bonds is 19. The van der Waals surface area contributed by atoms with Crippen molar-refractivity contribution >= 4 is 92.8 Å². The standard InChI is InChI=1S/C22H26N4O3S.C20H30N4O3S.C20H27N3O4S.C18H24N4O3S/c27-22(24-21-19-5-1-3-16(19)11-17-4-2-6-20(17)21)25-30(28,29)18-13-26(14-18)12-15-7-9-23-10-8-15;1-23(2)9-10-24-12-16(13-24)28(26,27)22-20(25)21-19-17-7-3-5-14(17)11-15-6-4-8-18(15)19;24-20(22-28(25,26)16-9-23(10-16)8-13-11-27-12-13)21-19-17-5-1-3-14(17)7-15-4-2-6-18(15)19;1-11(19)22-9-14(10-22)26(24,25)21-18(23)20-17-15-6-2-4-12(15)8-13-5-3-7-16(13)17/h7-11,18H,1-6,12-14H2,(H2,24,25,27);11,16H,3-10,12-13H2,1-2H3,(H2,21,22,25);7,13,16H,1-6,8-12H2,(H2,21,22,24);8,14,19H,2-7,9-10H2,1H3,(H2,20,21,23). The first kappa shape index (κ1) is 79.4. The van der Waals surface area contributed by atoms with E-state index in [2.05, 4.69) is 84.1 Å². The number of anilines is 4. The average molecular weight is 1620 g/mol. The topological polar surface area (TPSA) is 363 Å². The Kier molecular flexibility index (Phi) is 23.5. The first-order valence-corrected chi connectivity index (χ1v) is 46.4. The second-order valence-electron chi connectivity index (χ2n) is 33.1. The van der Waals surface area contributed by atoms with Crippen LogP contribution in [0.4, 0.5) is 41.9 Å². The van der Waals surface area contributed by atoms with E-state index in [0.29, 0.717) is 57.6 Å². The van der Waals surface area contributed by atoms with Gasteiger partial charge >= 0.3 is 24.1 Å². The number of nitrogens with zero attached hydrogens (tertiary/aromatic N) is 6. The summed E-state index contributed by atoms with van der Waals surface area (Å²) in [4.78, 5) is 64.1. The lowest BCUT2D eigenvalue weighted by molar-refractivity contribution is -0.0530. The molecule has 5 aromatic rings. The number of amides is 8. The van der Waals surface area contributed by atoms with Crippen molar-refractivity contribution in [3.05, 3.63) is 143 Å². The molecule has 28 nitrogen and oxygen atoms in total. The summed E-state index contributed by atoms with van der Waals surface area (Å²) < 4.78 is 114. The van der Waals surface area contributed by atoms with E-state index in [0.717, 1.165) is 215 Å². The Morgan fingerprint density at radius 1 is 0.420 bits per heavy atom. The van der Waals surface area contributed by atoms with E-state index in [1.54, 1.807) is 24.2 Å². The van der Waals surface area contributed by atoms with Crippen molar-refractivity contribution in [2.45, 2.75) is 189 Å². The van der Waals surface area contributed by atoms with Crippen LogP contribution in [0.25, 0.3) is 0 Å². The first-order chi connectivity index (χ1) is 53.7. The molecule has 5 fully saturated rings. The van der Waals surface area contributed by atoms with Gasteiger partial charge in [0.15, 0.2) is 0 Å². The molecule has 13 aliphatic rings. The Hall–Kier alpha value is -7.82. The molecule has 112 heavy (non-hydrogen) atoms. The van der Waals surface area contributed by atoms with Crippen molar-refractivity contribution < 1.29 is 57.6 Å². The molecule has 8 amide bonds. The predicted molar refractivity (Wildman–Crippen MR) is 432 cm³/mol. The third-order valence-electron chi connectivity index (χ3n) is 24.9. The lowest BCUT2D eigenvalue weighted by atomic mass is 9.99. The third-order valence-corrected chi connectivity index (χ3v) is 31.5. The molecule has 0 unspecified atom stereocenters. The van der Waals surface area contributed by atoms with Crippen LogP contribution in [0.2, 0.25) is 0 Å². The number of aromatic nitrogens is 1. The number of aryl methyl sites for hydroxylation is 8. The molecule has 0 saturated carbocycles. The van der Waals surface area contributed by atoms with Crippen molar-refractivity contribution in [3.8, 4) is 0 Å². The fourth-order valence-electron chi connectivity index (χ4n) is 18.6. The molecule has 4 aromatic carbocycles. The Bertz CT molecular complexity index is 4850. The molecule has 1 aromatic heterocycles. The zero-order valence-electron chi connectivity index (χ0n) is 64.5. The fourth-order valence-corrected chi connectivity index (χ4v) is 23.7. The molecular formula is C80H107N15O13S4. The highest BCUT2D eigenvalue weighted by Gasteiger charge is 2.44. The summed E-state index contributed by atoms with van der Waals surface area (Å²) in [6.07, 6.45) is 28.0. The van der Waals surface area contributed by atoms with Crippen molar-refractivity contribution in [1.29, 1.82) is 5.41 Å². The van der Waals surface area contributed by atoms with Crippen LogP contribution in [0, 0.1) is 11.3 Å². The van der Waals surface area contributed by atoms with Crippen LogP contribution in [-0.4, -0.2) is 213 Å². The van der Waals surface area contributed by atoms with E-state index in [4.69, 9.17) is 10.1 Å². The molecule has 0 radical (unpaired) electrons. The van der Waals surface area contributed by atoms with E-state index in [-0.39, 0.29) is 13.1 Å². The lowest BCUT2D eigenvalue weighted by Gasteiger charge is -2.41. The van der Waals surface area contributed by atoms with Gasteiger partial charge in [-0.3, -0.25) is 20.2 Å². The molecule has 0 bridgehead atoms. The number of hydrogen-bond acceptors (Lipinski definition) is 19. The van der Waals surface area contributed by atoms with Crippen LogP contribution in [0.3, 0.4) is 0 Å². The molecular weight excluding hydrogens is 1510 g/mol. The van der Waals surface area contributed by atoms with Crippen molar-refractivity contribution in [1.82, 2.24) is 48.4 Å². The van der Waals surface area contributed by atoms with E-state index >= 15 is 0 Å². The minimum absolute atomic E-state index is 0.258. The van der Waals surface area contributed by atoms with Gasteiger partial charge < -0.3 is 40.7 Å². The van der Waals surface area contributed by atoms with Gasteiger partial charge in [0.1, 0.15) is 21.0 Å². The van der Waals surface area contributed by atoms with Crippen LogP contribution in [0.15, 0.2) is 48.8 Å². The minimum Gasteiger partial charge on any atom is -0.381 e. The number of hydrogen-bond donors (Lipinski definition) is 9. The number of ether oxygens (including phenoxy) is 1. The highest BCUT2D eigenvalue weighted by atomic mass is 32.2. The monoisotopic (exact) mass is 1610 g/mol. The number of carbonyl (C=O) groups is 4. The quantitative estimate of drug-likeness (QED) is 0.0297. The van der Waals surface area contributed by atoms with Crippen molar-refractivity contribution in [2.75, 3.05) is 121 Å². The number of likely N-dealkylation sites (tertiary alicyclic amines) is 4. The smallest absolute Gasteiger partial charge is 0.332 e. The number of sulfonamides is 4. The molecule has 5 saturated heterocycles. The maximum Gasteiger partial charge on any atom is 0.332 e. The predicted octanol–water partition coefficient (Wildman–Crippen LogP) is 7.00. The normalized spacial score (nSPS) is 19.8. The maximum atomic E-state index is 12.7. The molecule has 0 spiro atoms. The Labute approximate surface area is 658 Å². The summed E-state index contributed by atoms with van der Waals surface area (Å²) in [7, 11) is -10.8. The summed E-state index contributed by atoms with van der Waals surface area (Å²) >= 11 is 0. The number of fused-ring (bicyclic) bond motifs is 8. The van der Waals surface area contributed by atoms with E-state index in [1.807, 2.05) is 31.1 Å². The Morgan fingerprint density at radius 3 is 0.964 bits per heavy atom. The maximum absolute atomic E-state index is 12.7. The number of benzene rings is 4. The first-order valence-electron chi connectivity index (χ1n) is 40.2. The number of urea groups is 4. The zero-order chi connectivity index (χ0) is 78.4. The number of nitrogens with one attached hydrogen (secondary N) is 9. The van der Waals surface area contributed by atoms with Gasteiger partial charge in [-0.05, 0) is 282 Å². The van der Waals surface area contributed by atoms with Crippen LogP contribution in [-0.2, 0) is 154 Å². The van der Waals surface area contributed by atoms with Gasteiger partial charge in [-0.1, -0.05) is 24.3 Å². The molecule has 6 heterocycles. The number of likely N-dealkylation sites (N-methyl/N-ethyl adjacent to an activating group) is 1. The Balaban J connectivity index is 0.000000118. The highest BCUT2D eigenvalue weighted by molar-refractivity contribution is 7.91. The van der Waals surface area contributed by atoms with Gasteiger partial charge in [-0.2, -0.15) is 0 Å². The summed E-state index contributed by atoms with van der Waals surface area (Å²) in [6, 6.07) is 10.4. The second-order valence-corrected chi connectivity index (χ2v) is 40.9. The molecule has 32 heteroatoms. The summed E-state index contributed by atoms with van der Waals surface area (Å²) in [6.45, 7) is 9.72. The van der Waals surface area contributed by atoms with Crippen molar-refractivity contribution in [2.24, 2.45) is 5.92 Å². The second kappa shape index (κ2) is 33.2. The summed E-state index contributed by atoms with van der Waals surface area (Å²) in [5, 5.41) is 16.8. The molecule has 604 valence electrons. The SMILES string of the molecule is CC(=N)N1CC(S(=O)(=O)NC(=O)Nc2c3c(cc4c2CCC4)CCC3)C1.CN(C)CCN1CC(S(=O)(=O)NC(=O)Nc2c3c(cc4c2CCC4)CCC3)C1.O=C(Nc1c2c(cc3c1CCC3)CCC2)NS(=O)(=O)C1CN(CC2COC2)C1.O=C(Nc1c2c(cc3c1CCC3)CCC2)NS(=O)(=O)C1CN(Cc2ccncc2)C1. The van der Waals surface area contributed by atoms with Gasteiger partial charge in [0, 0.05) is 120 Å². The van der Waals surface area contributed by atoms with Gasteiger partial charge in [-0.25, -0.2) is 71.7 Å². The van der Waals surface area contributed by atoms with Crippen LogP contribution in [0.5, 0.6) is 0 Å². The highest BCUT2D eigenvalue weighted by Crippen LogP contribution is 2.43. The van der Waals surface area contributed by atoms with Gasteiger partial charge in [-0.15, -0.1) is 0 Å². The van der Waals surface area contributed by atoms with Gasteiger partial charge in [0.05, 0.1) is 19.0 Å². The van der Waals surface area contributed by atoms with E-state index < -0.39 is 85.2 Å². The minimum atomic E-state index is -3.74. The Morgan fingerprint density at radius 2 is 0.696 bits per heavy atom. The van der Waals surface area contributed by atoms with Crippen LogP contribution in [0.1, 0.15) is 153 Å². The van der Waals surface area contributed by atoms with Crippen molar-refractivity contribution in [3.63, 3.8) is 0 Å². The lowest BCUT2D eigenvalue weighted by Crippen LogP contribution is -2.60. The molecule has 0 atom stereocenters. The third kappa shape index (κ3) is 17.7. The van der Waals surface area contributed by atoms with Gasteiger partial charge in [0.25, 0.3) is 0 Å². The van der Waals surface area contributed by atoms with E-state index in [9.17, 15) is 52.8 Å². The zero-order valence-corrected chi connectivity index (χ0v) is 67.8. The van der Waals surface area contributed by atoms with Gasteiger partial charge in [0.2, 0.25) is 40.1 Å². The van der Waals surface area contributed by atoms with Crippen LogP contribution >= 0.6 is 0 Å². The number of carbonyl (C=O) groups excluding carboxylic acids is 4. The molecule has 18 rings (SSSR count). The number of amidine groups is 1. The summed E-state index contributed by atoms with van der Waals surface area (Å²) in [5.74, 6) is 0.860. The largest absolute Gasteiger partial charge is 0.381 e. The van der Waals surface area contributed by atoms with Crippen LogP contribution < -0.4 is 40.2 Å². The molecule has 5 aliphatic heterocycles. The number of pyridine rings is 1. The molecule has 8 aliphatic carbocycles. The van der Waals surface area contributed by atoms with E-state index in [1.165, 1.54) is 89.0 Å². The fraction of sp³-hybridized carbons (Fsp3) is 0.575.